The van der Waals surface area contributed by atoms with Gasteiger partial charge in [0.05, 0.1) is 4.92 Å². The van der Waals surface area contributed by atoms with Crippen LogP contribution in [0.3, 0.4) is 0 Å². The van der Waals surface area contributed by atoms with Crippen LogP contribution in [-0.2, 0) is 6.42 Å². The van der Waals surface area contributed by atoms with E-state index in [1.54, 1.807) is 7.05 Å². The summed E-state index contributed by atoms with van der Waals surface area (Å²) in [5.74, 6) is 0.957. The molecule has 2 heterocycles. The van der Waals surface area contributed by atoms with Gasteiger partial charge < -0.3 is 15.2 Å². The minimum Gasteiger partial charge on any atom is -0.364 e. The van der Waals surface area contributed by atoms with Crippen molar-refractivity contribution in [3.8, 4) is 0 Å². The highest BCUT2D eigenvalue weighted by atomic mass is 16.6. The molecule has 0 amide bonds. The third kappa shape index (κ3) is 3.12. The molecule has 0 bridgehead atoms. The molecule has 2 N–H and O–H groups in total. The first-order chi connectivity index (χ1) is 9.20. The molecule has 10 nitrogen and oxygen atoms in total. The summed E-state index contributed by atoms with van der Waals surface area (Å²) in [5.41, 5.74) is -0.188. The van der Waals surface area contributed by atoms with Gasteiger partial charge in [-0.05, 0) is 0 Å². The topological polar surface area (TPSA) is 132 Å². The molecule has 0 unspecified atom stereocenters. The lowest BCUT2D eigenvalue weighted by Crippen LogP contribution is -2.11. The quantitative estimate of drug-likeness (QED) is 0.564. The number of nitro groups is 1. The van der Waals surface area contributed by atoms with E-state index in [2.05, 4.69) is 35.3 Å². The fourth-order valence-electron chi connectivity index (χ4n) is 1.35. The van der Waals surface area contributed by atoms with Crippen LogP contribution in [0, 0.1) is 10.1 Å². The molecule has 100 valence electrons. The van der Waals surface area contributed by atoms with Crippen LogP contribution < -0.4 is 10.6 Å². The molecule has 19 heavy (non-hydrogen) atoms. The van der Waals surface area contributed by atoms with Crippen LogP contribution in [0.25, 0.3) is 0 Å². The lowest BCUT2D eigenvalue weighted by Gasteiger charge is -2.06. The van der Waals surface area contributed by atoms with Crippen LogP contribution in [0.2, 0.25) is 0 Å². The highest BCUT2D eigenvalue weighted by molar-refractivity contribution is 5.56. The van der Waals surface area contributed by atoms with Gasteiger partial charge in [-0.25, -0.2) is 4.98 Å². The van der Waals surface area contributed by atoms with Crippen LogP contribution >= 0.6 is 0 Å². The molecule has 2 rings (SSSR count). The highest BCUT2D eigenvalue weighted by Crippen LogP contribution is 2.21. The zero-order valence-corrected chi connectivity index (χ0v) is 10.0. The van der Waals surface area contributed by atoms with Crippen molar-refractivity contribution in [1.82, 2.24) is 20.1 Å². The van der Waals surface area contributed by atoms with Gasteiger partial charge in [0.15, 0.2) is 5.82 Å². The number of rotatable bonds is 6. The van der Waals surface area contributed by atoms with Crippen LogP contribution in [0.5, 0.6) is 0 Å². The first-order valence-corrected chi connectivity index (χ1v) is 5.39. The van der Waals surface area contributed by atoms with Gasteiger partial charge in [-0.15, -0.1) is 0 Å². The smallest absolute Gasteiger partial charge is 0.329 e. The van der Waals surface area contributed by atoms with E-state index >= 15 is 0 Å². The van der Waals surface area contributed by atoms with Gasteiger partial charge in [-0.3, -0.25) is 10.1 Å². The summed E-state index contributed by atoms with van der Waals surface area (Å²) in [4.78, 5) is 21.9. The second-order valence-corrected chi connectivity index (χ2v) is 3.46. The number of aromatic nitrogens is 4. The van der Waals surface area contributed by atoms with Gasteiger partial charge in [-0.1, -0.05) is 5.16 Å². The molecule has 0 fully saturated rings. The molecular formula is C9H11N7O3. The van der Waals surface area contributed by atoms with Crippen molar-refractivity contribution in [2.24, 2.45) is 0 Å². The van der Waals surface area contributed by atoms with Gasteiger partial charge in [0, 0.05) is 20.0 Å². The molecule has 2 aromatic rings. The maximum absolute atomic E-state index is 10.8. The van der Waals surface area contributed by atoms with Crippen LogP contribution in [0.4, 0.5) is 17.5 Å². The predicted molar refractivity (Wildman–Crippen MR) is 64.7 cm³/mol. The maximum Gasteiger partial charge on any atom is 0.329 e. The standard InChI is InChI=1S/C9H11N7O3/c1-10-9-12-4-6(16(17)18)8(14-9)11-3-2-7-13-5-19-15-7/h4-5H,2-3H2,1H3,(H2,10,11,12,14). The third-order valence-corrected chi connectivity index (χ3v) is 2.24. The fraction of sp³-hybridized carbons (Fsp3) is 0.333. The molecule has 0 saturated carbocycles. The number of nitrogens with zero attached hydrogens (tertiary/aromatic N) is 5. The molecule has 0 spiro atoms. The summed E-state index contributed by atoms with van der Waals surface area (Å²) < 4.78 is 4.58. The Bertz CT molecular complexity index is 557. The largest absolute Gasteiger partial charge is 0.364 e. The van der Waals surface area contributed by atoms with Crippen molar-refractivity contribution in [2.45, 2.75) is 6.42 Å². The zero-order valence-electron chi connectivity index (χ0n) is 10.0. The van der Waals surface area contributed by atoms with Gasteiger partial charge in [0.1, 0.15) is 6.20 Å². The molecule has 0 aliphatic carbocycles. The minimum atomic E-state index is -0.546. The first kappa shape index (κ1) is 12.7. The summed E-state index contributed by atoms with van der Waals surface area (Å²) in [6, 6.07) is 0. The summed E-state index contributed by atoms with van der Waals surface area (Å²) in [6.07, 6.45) is 2.84. The fourth-order valence-corrected chi connectivity index (χ4v) is 1.35. The summed E-state index contributed by atoms with van der Waals surface area (Å²) in [7, 11) is 1.63. The van der Waals surface area contributed by atoms with Crippen LogP contribution in [0.15, 0.2) is 17.1 Å². The summed E-state index contributed by atoms with van der Waals surface area (Å²) in [6.45, 7) is 0.389. The third-order valence-electron chi connectivity index (χ3n) is 2.24. The number of hydrogen-bond donors (Lipinski definition) is 2. The van der Waals surface area contributed by atoms with E-state index in [0.29, 0.717) is 24.7 Å². The second-order valence-electron chi connectivity index (χ2n) is 3.46. The van der Waals surface area contributed by atoms with E-state index in [0.717, 1.165) is 6.20 Å². The number of nitrogens with one attached hydrogen (secondary N) is 2. The lowest BCUT2D eigenvalue weighted by molar-refractivity contribution is -0.384. The van der Waals surface area contributed by atoms with Crippen molar-refractivity contribution >= 4 is 17.5 Å². The number of anilines is 2. The van der Waals surface area contributed by atoms with E-state index in [-0.39, 0.29) is 11.5 Å². The molecular weight excluding hydrogens is 254 g/mol. The normalized spacial score (nSPS) is 10.2. The Kier molecular flexibility index (Phi) is 3.81. The minimum absolute atomic E-state index is 0.146. The SMILES string of the molecule is CNc1ncc([N+](=O)[O-])c(NCCc2ncon2)n1. The zero-order chi connectivity index (χ0) is 13.7. The molecule has 0 radical (unpaired) electrons. The van der Waals surface area contributed by atoms with Crippen LogP contribution in [0.1, 0.15) is 5.82 Å². The monoisotopic (exact) mass is 265 g/mol. The van der Waals surface area contributed by atoms with E-state index in [9.17, 15) is 10.1 Å². The Morgan fingerprint density at radius 1 is 1.47 bits per heavy atom. The highest BCUT2D eigenvalue weighted by Gasteiger charge is 2.16. The maximum atomic E-state index is 10.8. The molecule has 0 atom stereocenters. The Morgan fingerprint density at radius 2 is 2.32 bits per heavy atom. The van der Waals surface area contributed by atoms with Crippen molar-refractivity contribution in [2.75, 3.05) is 24.2 Å². The Labute approximate surface area is 107 Å². The summed E-state index contributed by atoms with van der Waals surface area (Å²) >= 11 is 0. The first-order valence-electron chi connectivity index (χ1n) is 5.39. The molecule has 10 heteroatoms. The average Bonchev–Trinajstić information content (AvgIpc) is 2.91. The van der Waals surface area contributed by atoms with Crippen molar-refractivity contribution in [1.29, 1.82) is 0 Å². The Morgan fingerprint density at radius 3 is 2.95 bits per heavy atom. The van der Waals surface area contributed by atoms with Gasteiger partial charge in [-0.2, -0.15) is 9.97 Å². The van der Waals surface area contributed by atoms with Crippen molar-refractivity contribution in [3.63, 3.8) is 0 Å². The molecule has 2 aromatic heterocycles. The van der Waals surface area contributed by atoms with Crippen molar-refractivity contribution in [3.05, 3.63) is 28.5 Å². The van der Waals surface area contributed by atoms with Crippen molar-refractivity contribution < 1.29 is 9.45 Å². The van der Waals surface area contributed by atoms with Gasteiger partial charge >= 0.3 is 5.69 Å². The van der Waals surface area contributed by atoms with E-state index in [4.69, 9.17) is 0 Å². The van der Waals surface area contributed by atoms with Gasteiger partial charge in [0.25, 0.3) is 0 Å². The number of hydrogen-bond acceptors (Lipinski definition) is 9. The predicted octanol–water partition coefficient (Wildman–Crippen LogP) is 0.464. The van der Waals surface area contributed by atoms with E-state index in [1.807, 2.05) is 0 Å². The van der Waals surface area contributed by atoms with Gasteiger partial charge in [0.2, 0.25) is 18.2 Å². The second kappa shape index (κ2) is 5.71. The molecule has 0 aliphatic heterocycles. The molecule has 0 aliphatic rings. The van der Waals surface area contributed by atoms with E-state index < -0.39 is 4.92 Å². The average molecular weight is 265 g/mol. The summed E-state index contributed by atoms with van der Waals surface area (Å²) in [5, 5.41) is 20.0. The molecule has 0 saturated heterocycles. The molecule has 0 aromatic carbocycles. The Balaban J connectivity index is 2.06. The van der Waals surface area contributed by atoms with E-state index in [1.165, 1.54) is 6.39 Å². The van der Waals surface area contributed by atoms with Crippen LogP contribution in [-0.4, -0.2) is 38.6 Å². The Hall–Kier alpha value is -2.78. The lowest BCUT2D eigenvalue weighted by atomic mass is 10.4.